The highest BCUT2D eigenvalue weighted by Crippen LogP contribution is 2.13. The molecule has 0 aliphatic heterocycles. The van der Waals surface area contributed by atoms with Gasteiger partial charge in [0.1, 0.15) is 5.75 Å². The Bertz CT molecular complexity index is 224. The van der Waals surface area contributed by atoms with Crippen LogP contribution in [-0.4, -0.2) is 4.55 Å². The standard InChI is InChI=1S/C7H6BrClOS/c8-7-3-1-6(2-4-7)5-11(9)10/h1-4H,5H2. The fourth-order valence-electron chi connectivity index (χ4n) is 0.712. The topological polar surface area (TPSA) is 23.1 Å². The van der Waals surface area contributed by atoms with Crippen molar-refractivity contribution in [2.45, 2.75) is 5.75 Å². The Labute approximate surface area is 81.6 Å². The maximum atomic E-state index is 10.6. The van der Waals surface area contributed by atoms with E-state index >= 15 is 0 Å². The van der Waals surface area contributed by atoms with Gasteiger partial charge in [-0.2, -0.15) is 0 Å². The normalized spacial score (nSPS) is 13.0. The number of hydrogen-bond acceptors (Lipinski definition) is 1. The van der Waals surface area contributed by atoms with Crippen molar-refractivity contribution < 1.29 is 4.55 Å². The molecule has 0 aliphatic carbocycles. The van der Waals surface area contributed by atoms with E-state index in [0.717, 1.165) is 10.0 Å². The highest BCUT2D eigenvalue weighted by atomic mass is 79.9. The van der Waals surface area contributed by atoms with Crippen LogP contribution in [0.15, 0.2) is 28.7 Å². The molecule has 0 fully saturated rings. The Balaban J connectivity index is 2.66. The minimum Gasteiger partial charge on any atom is -0.599 e. The molecule has 0 radical (unpaired) electrons. The summed E-state index contributed by atoms with van der Waals surface area (Å²) in [5.74, 6) is 0.412. The van der Waals surface area contributed by atoms with Gasteiger partial charge < -0.3 is 4.55 Å². The fraction of sp³-hybridized carbons (Fsp3) is 0.143. The molecule has 0 amide bonds. The van der Waals surface area contributed by atoms with Gasteiger partial charge in [-0.3, -0.25) is 0 Å². The molecule has 4 heteroatoms. The second-order valence-electron chi connectivity index (χ2n) is 2.06. The smallest absolute Gasteiger partial charge is 0.174 e. The van der Waals surface area contributed by atoms with Crippen molar-refractivity contribution in [3.8, 4) is 0 Å². The molecule has 11 heavy (non-hydrogen) atoms. The largest absolute Gasteiger partial charge is 0.599 e. The van der Waals surface area contributed by atoms with E-state index in [4.69, 9.17) is 10.7 Å². The number of halogens is 2. The van der Waals surface area contributed by atoms with Gasteiger partial charge in [0, 0.05) is 10.0 Å². The second kappa shape index (κ2) is 4.36. The summed E-state index contributed by atoms with van der Waals surface area (Å²) in [4.78, 5) is 0. The first-order valence-electron chi connectivity index (χ1n) is 2.97. The fourth-order valence-corrected chi connectivity index (χ4v) is 1.81. The Kier molecular flexibility index (Phi) is 3.72. The van der Waals surface area contributed by atoms with Crippen molar-refractivity contribution in [3.63, 3.8) is 0 Å². The monoisotopic (exact) mass is 252 g/mol. The van der Waals surface area contributed by atoms with Crippen LogP contribution >= 0.6 is 26.6 Å². The molecule has 0 saturated carbocycles. The van der Waals surface area contributed by atoms with Gasteiger partial charge in [0.05, 0.1) is 10.4 Å². The highest BCUT2D eigenvalue weighted by molar-refractivity contribution is 9.10. The van der Waals surface area contributed by atoms with Crippen LogP contribution in [0.3, 0.4) is 0 Å². The minimum atomic E-state index is -1.27. The van der Waals surface area contributed by atoms with Gasteiger partial charge in [-0.05, 0) is 12.1 Å². The third kappa shape index (κ3) is 3.47. The van der Waals surface area contributed by atoms with E-state index < -0.39 is 10.4 Å². The predicted molar refractivity (Wildman–Crippen MR) is 51.8 cm³/mol. The zero-order valence-corrected chi connectivity index (χ0v) is 8.75. The molecule has 0 aromatic heterocycles. The van der Waals surface area contributed by atoms with Gasteiger partial charge >= 0.3 is 0 Å². The summed E-state index contributed by atoms with van der Waals surface area (Å²) in [6.07, 6.45) is 0. The number of benzene rings is 1. The Morgan fingerprint density at radius 3 is 2.36 bits per heavy atom. The molecular weight excluding hydrogens is 247 g/mol. The van der Waals surface area contributed by atoms with Crippen molar-refractivity contribution >= 4 is 37.0 Å². The lowest BCUT2D eigenvalue weighted by molar-refractivity contribution is 0.608. The first-order valence-corrected chi connectivity index (χ1v) is 5.91. The quantitative estimate of drug-likeness (QED) is 0.743. The predicted octanol–water partition coefficient (Wildman–Crippen LogP) is 2.85. The molecule has 0 bridgehead atoms. The maximum Gasteiger partial charge on any atom is 0.174 e. The molecule has 1 aromatic carbocycles. The van der Waals surface area contributed by atoms with Crippen LogP contribution in [0.1, 0.15) is 5.56 Å². The minimum absolute atomic E-state index is 0.412. The van der Waals surface area contributed by atoms with E-state index in [9.17, 15) is 4.55 Å². The van der Waals surface area contributed by atoms with Crippen molar-refractivity contribution in [1.82, 2.24) is 0 Å². The molecule has 0 aliphatic rings. The molecule has 0 spiro atoms. The van der Waals surface area contributed by atoms with E-state index in [1.807, 2.05) is 24.3 Å². The van der Waals surface area contributed by atoms with Crippen LogP contribution in [0.5, 0.6) is 0 Å². The maximum absolute atomic E-state index is 10.6. The molecule has 0 N–H and O–H groups in total. The highest BCUT2D eigenvalue weighted by Gasteiger charge is 2.02. The molecule has 1 nitrogen and oxygen atoms in total. The van der Waals surface area contributed by atoms with Crippen LogP contribution < -0.4 is 0 Å². The number of hydrogen-bond donors (Lipinski definition) is 0. The van der Waals surface area contributed by atoms with Gasteiger partial charge in [0.25, 0.3) is 0 Å². The van der Waals surface area contributed by atoms with Crippen LogP contribution in [0.4, 0.5) is 0 Å². The first-order chi connectivity index (χ1) is 5.18. The van der Waals surface area contributed by atoms with Gasteiger partial charge in [-0.1, -0.05) is 28.1 Å². The zero-order valence-electron chi connectivity index (χ0n) is 5.59. The average molecular weight is 254 g/mol. The molecule has 0 saturated heterocycles. The zero-order chi connectivity index (χ0) is 8.27. The van der Waals surface area contributed by atoms with Crippen molar-refractivity contribution in [2.75, 3.05) is 0 Å². The second-order valence-corrected chi connectivity index (χ2v) is 4.88. The van der Waals surface area contributed by atoms with Gasteiger partial charge in [-0.15, -0.1) is 0 Å². The van der Waals surface area contributed by atoms with Crippen molar-refractivity contribution in [2.24, 2.45) is 0 Å². The van der Waals surface area contributed by atoms with Crippen LogP contribution in [0.25, 0.3) is 0 Å². The lowest BCUT2D eigenvalue weighted by atomic mass is 10.2. The van der Waals surface area contributed by atoms with E-state index in [0.29, 0.717) is 5.75 Å². The van der Waals surface area contributed by atoms with E-state index in [1.165, 1.54) is 0 Å². The molecule has 60 valence electrons. The summed E-state index contributed by atoms with van der Waals surface area (Å²) in [7, 11) is 4.05. The van der Waals surface area contributed by atoms with Crippen molar-refractivity contribution in [3.05, 3.63) is 34.3 Å². The lowest BCUT2D eigenvalue weighted by Gasteiger charge is -1.99. The van der Waals surface area contributed by atoms with E-state index in [2.05, 4.69) is 15.9 Å². The molecule has 1 atom stereocenters. The van der Waals surface area contributed by atoms with Gasteiger partial charge in [0.2, 0.25) is 0 Å². The molecular formula is C7H6BrClOS. The first kappa shape index (κ1) is 9.39. The summed E-state index contributed by atoms with van der Waals surface area (Å²) in [6, 6.07) is 7.59. The van der Waals surface area contributed by atoms with E-state index in [-0.39, 0.29) is 0 Å². The molecule has 0 heterocycles. The SMILES string of the molecule is [O-][S+](Cl)Cc1ccc(Br)cc1. The summed E-state index contributed by atoms with van der Waals surface area (Å²) in [5.41, 5.74) is 0.988. The Morgan fingerprint density at radius 2 is 1.91 bits per heavy atom. The summed E-state index contributed by atoms with van der Waals surface area (Å²) in [6.45, 7) is 0. The van der Waals surface area contributed by atoms with Gasteiger partial charge in [-0.25, -0.2) is 0 Å². The summed E-state index contributed by atoms with van der Waals surface area (Å²) >= 11 is 3.30. The summed E-state index contributed by atoms with van der Waals surface area (Å²) < 4.78 is 11.6. The Morgan fingerprint density at radius 1 is 1.36 bits per heavy atom. The summed E-state index contributed by atoms with van der Waals surface area (Å²) in [5, 5.41) is 0. The average Bonchev–Trinajstić information content (AvgIpc) is 1.93. The molecule has 1 rings (SSSR count). The third-order valence-corrected chi connectivity index (χ3v) is 2.61. The molecule has 1 aromatic rings. The number of rotatable bonds is 2. The van der Waals surface area contributed by atoms with Crippen LogP contribution in [0.2, 0.25) is 0 Å². The van der Waals surface area contributed by atoms with Crippen molar-refractivity contribution in [1.29, 1.82) is 0 Å². The van der Waals surface area contributed by atoms with E-state index in [1.54, 1.807) is 0 Å². The van der Waals surface area contributed by atoms with Crippen LogP contribution in [0, 0.1) is 0 Å². The molecule has 1 unspecified atom stereocenters. The van der Waals surface area contributed by atoms with Gasteiger partial charge in [0.15, 0.2) is 10.7 Å². The third-order valence-electron chi connectivity index (χ3n) is 1.19. The van der Waals surface area contributed by atoms with Crippen LogP contribution in [-0.2, 0) is 16.1 Å². The lowest BCUT2D eigenvalue weighted by Crippen LogP contribution is -1.94. The Hall–Kier alpha value is 0.300.